The molecular weight excluding hydrogens is 350 g/mol. The molecule has 0 bridgehead atoms. The fourth-order valence-electron chi connectivity index (χ4n) is 2.72. The van der Waals surface area contributed by atoms with E-state index in [1.54, 1.807) is 12.1 Å². The van der Waals surface area contributed by atoms with E-state index in [-0.39, 0.29) is 17.5 Å². The molecule has 3 aromatic rings. The summed E-state index contributed by atoms with van der Waals surface area (Å²) >= 11 is 1.16. The predicted molar refractivity (Wildman–Crippen MR) is 99.5 cm³/mol. The van der Waals surface area contributed by atoms with E-state index in [2.05, 4.69) is 10.2 Å². The Labute approximate surface area is 155 Å². The normalized spacial score (nSPS) is 12.0. The Balaban J connectivity index is 1.95. The molecular formula is C19H19N3O3S. The molecule has 1 aromatic heterocycles. The lowest BCUT2D eigenvalue weighted by Crippen LogP contribution is -2.13. The summed E-state index contributed by atoms with van der Waals surface area (Å²) < 4.78 is 1.98. The van der Waals surface area contributed by atoms with E-state index in [0.717, 1.165) is 28.7 Å². The summed E-state index contributed by atoms with van der Waals surface area (Å²) in [5.41, 5.74) is 2.09. The average molecular weight is 369 g/mol. The van der Waals surface area contributed by atoms with E-state index < -0.39 is 5.97 Å². The second kappa shape index (κ2) is 8.05. The van der Waals surface area contributed by atoms with Gasteiger partial charge < -0.3 is 10.2 Å². The number of rotatable bonds is 7. The summed E-state index contributed by atoms with van der Waals surface area (Å²) in [5.74, 6) is 0.00118. The van der Waals surface area contributed by atoms with Crippen molar-refractivity contribution in [3.63, 3.8) is 0 Å². The SMILES string of the molecule is CC(c1ccccc1)n1c(Cc2ccc(O)cc2)nnc1SCC(=O)O. The van der Waals surface area contributed by atoms with Crippen LogP contribution in [-0.2, 0) is 11.2 Å². The Morgan fingerprint density at radius 2 is 1.81 bits per heavy atom. The highest BCUT2D eigenvalue weighted by atomic mass is 32.2. The van der Waals surface area contributed by atoms with Crippen molar-refractivity contribution in [1.82, 2.24) is 14.8 Å². The fourth-order valence-corrected chi connectivity index (χ4v) is 3.47. The highest BCUT2D eigenvalue weighted by Gasteiger charge is 2.20. The van der Waals surface area contributed by atoms with Crippen LogP contribution < -0.4 is 0 Å². The molecule has 26 heavy (non-hydrogen) atoms. The fraction of sp³-hybridized carbons (Fsp3) is 0.211. The molecule has 2 aromatic carbocycles. The number of carbonyl (C=O) groups is 1. The molecule has 1 atom stereocenters. The molecule has 6 nitrogen and oxygen atoms in total. The van der Waals surface area contributed by atoms with Crippen LogP contribution in [0.15, 0.2) is 59.8 Å². The third-order valence-electron chi connectivity index (χ3n) is 4.03. The van der Waals surface area contributed by atoms with Crippen LogP contribution >= 0.6 is 11.8 Å². The van der Waals surface area contributed by atoms with Gasteiger partial charge in [0.25, 0.3) is 0 Å². The first-order valence-electron chi connectivity index (χ1n) is 8.16. The smallest absolute Gasteiger partial charge is 0.313 e. The maximum atomic E-state index is 11.0. The molecule has 0 saturated carbocycles. The number of carboxylic acid groups (broad SMARTS) is 1. The molecule has 0 spiro atoms. The van der Waals surface area contributed by atoms with Crippen molar-refractivity contribution in [3.8, 4) is 5.75 Å². The molecule has 0 aliphatic carbocycles. The van der Waals surface area contributed by atoms with Crippen LogP contribution in [0.4, 0.5) is 0 Å². The Bertz CT molecular complexity index is 879. The molecule has 3 rings (SSSR count). The second-order valence-electron chi connectivity index (χ2n) is 5.88. The molecule has 1 unspecified atom stereocenters. The minimum absolute atomic E-state index is 0.0328. The highest BCUT2D eigenvalue weighted by molar-refractivity contribution is 7.99. The Morgan fingerprint density at radius 3 is 2.46 bits per heavy atom. The zero-order valence-corrected chi connectivity index (χ0v) is 15.1. The number of nitrogens with zero attached hydrogens (tertiary/aromatic N) is 3. The van der Waals surface area contributed by atoms with Gasteiger partial charge in [0, 0.05) is 6.42 Å². The largest absolute Gasteiger partial charge is 0.508 e. The zero-order chi connectivity index (χ0) is 18.5. The van der Waals surface area contributed by atoms with Crippen molar-refractivity contribution in [2.24, 2.45) is 0 Å². The van der Waals surface area contributed by atoms with Gasteiger partial charge in [-0.2, -0.15) is 0 Å². The molecule has 7 heteroatoms. The number of aromatic nitrogens is 3. The highest BCUT2D eigenvalue weighted by Crippen LogP contribution is 2.27. The van der Waals surface area contributed by atoms with Crippen LogP contribution in [0, 0.1) is 0 Å². The van der Waals surface area contributed by atoms with Gasteiger partial charge in [-0.25, -0.2) is 0 Å². The zero-order valence-electron chi connectivity index (χ0n) is 14.2. The van der Waals surface area contributed by atoms with Gasteiger partial charge in [0.15, 0.2) is 5.16 Å². The van der Waals surface area contributed by atoms with E-state index in [0.29, 0.717) is 11.6 Å². The lowest BCUT2D eigenvalue weighted by atomic mass is 10.1. The number of phenols is 1. The van der Waals surface area contributed by atoms with E-state index in [1.165, 1.54) is 0 Å². The number of thioether (sulfide) groups is 1. The van der Waals surface area contributed by atoms with E-state index in [4.69, 9.17) is 5.11 Å². The number of aromatic hydroxyl groups is 1. The molecule has 0 fully saturated rings. The Morgan fingerprint density at radius 1 is 1.12 bits per heavy atom. The van der Waals surface area contributed by atoms with Crippen LogP contribution in [0.1, 0.15) is 29.9 Å². The van der Waals surface area contributed by atoms with Gasteiger partial charge in [0.05, 0.1) is 11.8 Å². The molecule has 0 aliphatic heterocycles. The number of hydrogen-bond donors (Lipinski definition) is 2. The van der Waals surface area contributed by atoms with Crippen molar-refractivity contribution in [1.29, 1.82) is 0 Å². The Hall–Kier alpha value is -2.80. The minimum Gasteiger partial charge on any atom is -0.508 e. The summed E-state index contributed by atoms with van der Waals surface area (Å²) in [7, 11) is 0. The third kappa shape index (κ3) is 4.23. The first kappa shape index (κ1) is 18.0. The van der Waals surface area contributed by atoms with Crippen LogP contribution in [0.5, 0.6) is 5.75 Å². The van der Waals surface area contributed by atoms with Gasteiger partial charge in [-0.05, 0) is 30.2 Å². The maximum Gasteiger partial charge on any atom is 0.313 e. The second-order valence-corrected chi connectivity index (χ2v) is 6.82. The number of aliphatic carboxylic acids is 1. The maximum absolute atomic E-state index is 11.0. The van der Waals surface area contributed by atoms with Gasteiger partial charge in [-0.15, -0.1) is 10.2 Å². The average Bonchev–Trinajstić information content (AvgIpc) is 3.04. The standard InChI is InChI=1S/C19H19N3O3S/c1-13(15-5-3-2-4-6-15)22-17(11-14-7-9-16(23)10-8-14)20-21-19(22)26-12-18(24)25/h2-10,13,23H,11-12H2,1H3,(H,24,25). The molecule has 0 radical (unpaired) electrons. The van der Waals surface area contributed by atoms with Crippen molar-refractivity contribution in [2.45, 2.75) is 24.5 Å². The Kier molecular flexibility index (Phi) is 5.58. The summed E-state index contributed by atoms with van der Waals surface area (Å²) in [4.78, 5) is 11.0. The number of phenolic OH excluding ortho intramolecular Hbond substituents is 1. The molecule has 1 heterocycles. The summed E-state index contributed by atoms with van der Waals surface area (Å²) in [6.07, 6.45) is 0.540. The number of benzene rings is 2. The van der Waals surface area contributed by atoms with E-state index in [9.17, 15) is 9.90 Å². The third-order valence-corrected chi connectivity index (χ3v) is 4.96. The molecule has 134 valence electrons. The predicted octanol–water partition coefficient (Wildman–Crippen LogP) is 3.36. The number of carboxylic acids is 1. The van der Waals surface area contributed by atoms with Gasteiger partial charge in [-0.3, -0.25) is 9.36 Å². The lowest BCUT2D eigenvalue weighted by Gasteiger charge is -2.18. The van der Waals surface area contributed by atoms with Crippen LogP contribution in [0.2, 0.25) is 0 Å². The van der Waals surface area contributed by atoms with Crippen molar-refractivity contribution < 1.29 is 15.0 Å². The van der Waals surface area contributed by atoms with Crippen molar-refractivity contribution >= 4 is 17.7 Å². The molecule has 0 aliphatic rings. The molecule has 2 N–H and O–H groups in total. The van der Waals surface area contributed by atoms with Gasteiger partial charge in [0.1, 0.15) is 11.6 Å². The molecule has 0 saturated heterocycles. The van der Waals surface area contributed by atoms with Crippen LogP contribution in [-0.4, -0.2) is 36.7 Å². The monoisotopic (exact) mass is 369 g/mol. The van der Waals surface area contributed by atoms with Gasteiger partial charge in [0.2, 0.25) is 0 Å². The first-order valence-corrected chi connectivity index (χ1v) is 9.14. The lowest BCUT2D eigenvalue weighted by molar-refractivity contribution is -0.133. The van der Waals surface area contributed by atoms with Gasteiger partial charge in [-0.1, -0.05) is 54.2 Å². The quantitative estimate of drug-likeness (QED) is 0.621. The topological polar surface area (TPSA) is 88.2 Å². The van der Waals surface area contributed by atoms with Gasteiger partial charge >= 0.3 is 5.97 Å². The van der Waals surface area contributed by atoms with Crippen molar-refractivity contribution in [2.75, 3.05) is 5.75 Å². The summed E-state index contributed by atoms with van der Waals surface area (Å²) in [6, 6.07) is 16.9. The number of hydrogen-bond acceptors (Lipinski definition) is 5. The van der Waals surface area contributed by atoms with Crippen LogP contribution in [0.25, 0.3) is 0 Å². The first-order chi connectivity index (χ1) is 12.5. The van der Waals surface area contributed by atoms with E-state index in [1.807, 2.05) is 54.0 Å². The van der Waals surface area contributed by atoms with Crippen LogP contribution in [0.3, 0.4) is 0 Å². The minimum atomic E-state index is -0.892. The van der Waals surface area contributed by atoms with E-state index >= 15 is 0 Å². The van der Waals surface area contributed by atoms with Crippen molar-refractivity contribution in [3.05, 3.63) is 71.5 Å². The summed E-state index contributed by atoms with van der Waals surface area (Å²) in [6.45, 7) is 2.05. The summed E-state index contributed by atoms with van der Waals surface area (Å²) in [5, 5.41) is 27.5. The molecule has 0 amide bonds.